The molecule has 0 fully saturated rings. The molecular formula is C2H3FN2O5. The molecule has 1 N–H and O–H groups in total. The van der Waals surface area contributed by atoms with Gasteiger partial charge in [-0.2, -0.15) is 4.39 Å². The molecule has 0 spiro atoms. The van der Waals surface area contributed by atoms with E-state index < -0.39 is 22.4 Å². The quantitative estimate of drug-likeness (QED) is 0.323. The summed E-state index contributed by atoms with van der Waals surface area (Å²) in [5.74, 6) is 0. The zero-order chi connectivity index (χ0) is 8.31. The Morgan fingerprint density at radius 3 is 1.60 bits per heavy atom. The number of aliphatic hydroxyl groups is 1. The molecule has 0 aromatic rings. The normalized spacial score (nSPS) is 13.1. The number of nitrogens with zero attached hydrogens (tertiary/aromatic N) is 2. The van der Waals surface area contributed by atoms with E-state index in [-0.39, 0.29) is 0 Å². The zero-order valence-corrected chi connectivity index (χ0v) is 4.51. The van der Waals surface area contributed by atoms with Crippen molar-refractivity contribution in [2.75, 3.05) is 0 Å². The molecule has 0 rings (SSSR count). The minimum Gasteiger partial charge on any atom is -0.353 e. The fourth-order valence-corrected chi connectivity index (χ4v) is 0.278. The van der Waals surface area contributed by atoms with E-state index in [2.05, 4.69) is 0 Å². The van der Waals surface area contributed by atoms with Crippen LogP contribution in [-0.2, 0) is 0 Å². The molecule has 0 aliphatic rings. The number of halogens is 1. The second kappa shape index (κ2) is 3.01. The number of hydrogen-bond donors (Lipinski definition) is 1. The van der Waals surface area contributed by atoms with Gasteiger partial charge in [0.1, 0.15) is 9.85 Å². The standard InChI is InChI=1S/C2H3FN2O5/c3-1(6)2(4(7)8)5(9)10/h1-2,6H. The number of nitro groups is 2. The van der Waals surface area contributed by atoms with Crippen LogP contribution in [-0.4, -0.2) is 27.5 Å². The van der Waals surface area contributed by atoms with Gasteiger partial charge < -0.3 is 5.11 Å². The van der Waals surface area contributed by atoms with Gasteiger partial charge >= 0.3 is 12.5 Å². The van der Waals surface area contributed by atoms with E-state index in [9.17, 15) is 24.6 Å². The van der Waals surface area contributed by atoms with Crippen molar-refractivity contribution in [3.05, 3.63) is 20.2 Å². The number of hydrogen-bond acceptors (Lipinski definition) is 5. The van der Waals surface area contributed by atoms with E-state index in [1.807, 2.05) is 0 Å². The Bertz CT molecular complexity index is 144. The monoisotopic (exact) mass is 154 g/mol. The maximum absolute atomic E-state index is 11.5. The van der Waals surface area contributed by atoms with Crippen molar-refractivity contribution in [2.45, 2.75) is 12.5 Å². The fraction of sp³-hybridized carbons (Fsp3) is 1.00. The van der Waals surface area contributed by atoms with Crippen LogP contribution in [0.15, 0.2) is 0 Å². The van der Waals surface area contributed by atoms with E-state index in [4.69, 9.17) is 5.11 Å². The molecule has 0 heterocycles. The van der Waals surface area contributed by atoms with Crippen LogP contribution in [0.3, 0.4) is 0 Å². The Morgan fingerprint density at radius 1 is 1.30 bits per heavy atom. The van der Waals surface area contributed by atoms with Crippen LogP contribution in [0.1, 0.15) is 0 Å². The first kappa shape index (κ1) is 8.69. The van der Waals surface area contributed by atoms with Gasteiger partial charge in [0.05, 0.1) is 0 Å². The second-order valence-electron chi connectivity index (χ2n) is 1.36. The van der Waals surface area contributed by atoms with Crippen LogP contribution in [0.25, 0.3) is 0 Å². The minimum atomic E-state index is -3.06. The molecule has 0 aromatic heterocycles. The maximum atomic E-state index is 11.5. The van der Waals surface area contributed by atoms with E-state index in [1.165, 1.54) is 0 Å². The molecule has 8 heteroatoms. The first-order valence-electron chi connectivity index (χ1n) is 2.06. The van der Waals surface area contributed by atoms with E-state index >= 15 is 0 Å². The van der Waals surface area contributed by atoms with Crippen LogP contribution in [0.2, 0.25) is 0 Å². The van der Waals surface area contributed by atoms with Crippen molar-refractivity contribution in [3.63, 3.8) is 0 Å². The first-order chi connectivity index (χ1) is 4.46. The summed E-state index contributed by atoms with van der Waals surface area (Å²) in [5.41, 5.74) is 0. The van der Waals surface area contributed by atoms with Gasteiger partial charge in [0.2, 0.25) is 0 Å². The van der Waals surface area contributed by atoms with Crippen LogP contribution in [0.4, 0.5) is 4.39 Å². The predicted octanol–water partition coefficient (Wildman–Crippen LogP) is -0.846. The summed E-state index contributed by atoms with van der Waals surface area (Å²) in [5, 5.41) is 26.9. The fourth-order valence-electron chi connectivity index (χ4n) is 0.278. The van der Waals surface area contributed by atoms with Gasteiger partial charge in [-0.25, -0.2) is 0 Å². The number of rotatable bonds is 3. The smallest absolute Gasteiger partial charge is 0.353 e. The highest BCUT2D eigenvalue weighted by atomic mass is 19.1. The predicted molar refractivity (Wildman–Crippen MR) is 24.9 cm³/mol. The molecule has 0 saturated heterocycles. The summed E-state index contributed by atoms with van der Waals surface area (Å²) < 4.78 is 11.5. The maximum Gasteiger partial charge on any atom is 0.504 e. The molecular weight excluding hydrogens is 151 g/mol. The molecule has 7 nitrogen and oxygen atoms in total. The third-order valence-electron chi connectivity index (χ3n) is 0.678. The number of alkyl halides is 1. The van der Waals surface area contributed by atoms with Gasteiger partial charge in [0, 0.05) is 0 Å². The van der Waals surface area contributed by atoms with Crippen molar-refractivity contribution < 1.29 is 19.3 Å². The summed E-state index contributed by atoms with van der Waals surface area (Å²) in [6.07, 6.45) is -5.84. The summed E-state index contributed by atoms with van der Waals surface area (Å²) in [7, 11) is 0. The van der Waals surface area contributed by atoms with Crippen molar-refractivity contribution in [3.8, 4) is 0 Å². The highest BCUT2D eigenvalue weighted by Crippen LogP contribution is 1.99. The lowest BCUT2D eigenvalue weighted by Gasteiger charge is -1.99. The highest BCUT2D eigenvalue weighted by molar-refractivity contribution is 4.40. The Hall–Kier alpha value is -1.31. The van der Waals surface area contributed by atoms with Gasteiger partial charge in [-0.15, -0.1) is 0 Å². The zero-order valence-electron chi connectivity index (χ0n) is 4.51. The van der Waals surface area contributed by atoms with E-state index in [0.717, 1.165) is 0 Å². The molecule has 0 radical (unpaired) electrons. The topological polar surface area (TPSA) is 107 Å². The molecule has 0 aliphatic heterocycles. The molecule has 1 atom stereocenters. The van der Waals surface area contributed by atoms with Crippen molar-refractivity contribution in [1.29, 1.82) is 0 Å². The lowest BCUT2D eigenvalue weighted by atomic mass is 10.5. The van der Waals surface area contributed by atoms with Crippen LogP contribution in [0, 0.1) is 20.2 Å². The Labute approximate surface area is 53.4 Å². The first-order valence-corrected chi connectivity index (χ1v) is 2.06. The lowest BCUT2D eigenvalue weighted by molar-refractivity contribution is -0.757. The van der Waals surface area contributed by atoms with Crippen LogP contribution >= 0.6 is 0 Å². The summed E-state index contributed by atoms with van der Waals surface area (Å²) in [6, 6.07) is 0. The van der Waals surface area contributed by atoms with E-state index in [0.29, 0.717) is 0 Å². The molecule has 0 aromatic carbocycles. The van der Waals surface area contributed by atoms with Crippen molar-refractivity contribution in [1.82, 2.24) is 0 Å². The Kier molecular flexibility index (Phi) is 2.62. The average Bonchev–Trinajstić information content (AvgIpc) is 1.59. The van der Waals surface area contributed by atoms with Crippen LogP contribution < -0.4 is 0 Å². The molecule has 0 bridgehead atoms. The van der Waals surface area contributed by atoms with Gasteiger partial charge in [-0.05, 0) is 0 Å². The second-order valence-corrected chi connectivity index (χ2v) is 1.36. The third kappa shape index (κ3) is 1.90. The third-order valence-corrected chi connectivity index (χ3v) is 0.678. The van der Waals surface area contributed by atoms with E-state index in [1.54, 1.807) is 0 Å². The van der Waals surface area contributed by atoms with Crippen molar-refractivity contribution in [2.24, 2.45) is 0 Å². The van der Waals surface area contributed by atoms with Gasteiger partial charge in [-0.3, -0.25) is 20.2 Å². The summed E-state index contributed by atoms with van der Waals surface area (Å²) in [6.45, 7) is 0. The SMILES string of the molecule is O=[N+]([O-])C(C(O)F)[N+](=O)[O-]. The van der Waals surface area contributed by atoms with Crippen molar-refractivity contribution >= 4 is 0 Å². The van der Waals surface area contributed by atoms with Gasteiger partial charge in [0.25, 0.3) is 0 Å². The minimum absolute atomic E-state index is 1.51. The molecule has 0 amide bonds. The highest BCUT2D eigenvalue weighted by Gasteiger charge is 2.41. The molecule has 58 valence electrons. The molecule has 0 aliphatic carbocycles. The lowest BCUT2D eigenvalue weighted by Crippen LogP contribution is -2.37. The summed E-state index contributed by atoms with van der Waals surface area (Å²) >= 11 is 0. The van der Waals surface area contributed by atoms with Gasteiger partial charge in [0.15, 0.2) is 0 Å². The summed E-state index contributed by atoms with van der Waals surface area (Å²) in [4.78, 5) is 16.1. The molecule has 1 unspecified atom stereocenters. The Balaban J connectivity index is 4.27. The Morgan fingerprint density at radius 2 is 1.60 bits per heavy atom. The van der Waals surface area contributed by atoms with Gasteiger partial charge in [-0.1, -0.05) is 0 Å². The largest absolute Gasteiger partial charge is 0.504 e. The molecule has 0 saturated carbocycles. The number of aliphatic hydroxyl groups excluding tert-OH is 1. The average molecular weight is 154 g/mol. The molecule has 10 heavy (non-hydrogen) atoms. The van der Waals surface area contributed by atoms with Crippen LogP contribution in [0.5, 0.6) is 0 Å².